The highest BCUT2D eigenvalue weighted by atomic mass is 79.9. The number of hydrogen-bond acceptors (Lipinski definition) is 11. The van der Waals surface area contributed by atoms with E-state index in [4.69, 9.17) is 24.0 Å². The molecule has 2 N–H and O–H groups in total. The molecule has 0 radical (unpaired) electrons. The molecule has 8 rings (SSSR count). The van der Waals surface area contributed by atoms with Crippen molar-refractivity contribution in [2.45, 2.75) is 65.8 Å². The van der Waals surface area contributed by atoms with Crippen molar-refractivity contribution in [1.82, 2.24) is 29.8 Å². The number of methoxy groups -OCH3 is 2. The average molecular weight is 971 g/mol. The molecule has 0 aliphatic carbocycles. The number of halogens is 2. The summed E-state index contributed by atoms with van der Waals surface area (Å²) in [6.07, 6.45) is 0. The second kappa shape index (κ2) is 17.5. The molecule has 6 aromatic rings. The van der Waals surface area contributed by atoms with Crippen molar-refractivity contribution in [1.29, 1.82) is 0 Å². The molecule has 4 aromatic heterocycles. The second-order valence-corrected chi connectivity index (χ2v) is 18.8. The molecule has 0 saturated heterocycles. The highest BCUT2D eigenvalue weighted by molar-refractivity contribution is 9.11. The van der Waals surface area contributed by atoms with Gasteiger partial charge in [-0.15, -0.1) is 0 Å². The lowest BCUT2D eigenvalue weighted by molar-refractivity contribution is 0.0644. The van der Waals surface area contributed by atoms with Gasteiger partial charge in [-0.3, -0.25) is 4.79 Å². The summed E-state index contributed by atoms with van der Waals surface area (Å²) in [5.74, 6) is 1.49. The number of nitrogens with one attached hydrogen (secondary N) is 1. The van der Waals surface area contributed by atoms with Crippen LogP contribution in [-0.2, 0) is 13.2 Å². The van der Waals surface area contributed by atoms with Crippen LogP contribution in [0.5, 0.6) is 23.0 Å². The van der Waals surface area contributed by atoms with E-state index in [2.05, 4.69) is 63.0 Å². The highest BCUT2D eigenvalue weighted by Gasteiger charge is 2.35. The van der Waals surface area contributed by atoms with Gasteiger partial charge in [-0.05, 0) is 115 Å². The quantitative estimate of drug-likeness (QED) is 0.166. The van der Waals surface area contributed by atoms with Crippen LogP contribution in [0.1, 0.15) is 73.6 Å². The van der Waals surface area contributed by atoms with E-state index in [9.17, 15) is 14.7 Å². The lowest BCUT2D eigenvalue weighted by atomic mass is 10.0. The lowest BCUT2D eigenvalue weighted by Gasteiger charge is -2.31. The number of hydrogen-bond donors (Lipinski definition) is 2. The molecular weight excluding hydrogens is 924 g/mol. The maximum Gasteiger partial charge on any atom is 0.356 e. The minimum absolute atomic E-state index is 0.00814. The van der Waals surface area contributed by atoms with Gasteiger partial charge < -0.3 is 34.3 Å². The summed E-state index contributed by atoms with van der Waals surface area (Å²) < 4.78 is 27.6. The lowest BCUT2D eigenvalue weighted by Crippen LogP contribution is -2.43. The van der Waals surface area contributed by atoms with Crippen LogP contribution in [0, 0.1) is 0 Å². The molecule has 1 amide bonds. The smallest absolute Gasteiger partial charge is 0.356 e. The Balaban J connectivity index is 0.000000177. The van der Waals surface area contributed by atoms with E-state index in [1.165, 1.54) is 11.3 Å². The minimum Gasteiger partial charge on any atom is -0.495 e. The van der Waals surface area contributed by atoms with Crippen LogP contribution < -0.4 is 24.3 Å². The van der Waals surface area contributed by atoms with Crippen molar-refractivity contribution in [3.63, 3.8) is 0 Å². The van der Waals surface area contributed by atoms with Crippen LogP contribution in [-0.4, -0.2) is 80.8 Å². The first-order valence-corrected chi connectivity index (χ1v) is 21.9. The summed E-state index contributed by atoms with van der Waals surface area (Å²) in [7, 11) is 6.96. The first-order chi connectivity index (χ1) is 27.9. The van der Waals surface area contributed by atoms with E-state index in [0.717, 1.165) is 48.4 Å². The first-order valence-electron chi connectivity index (χ1n) is 18.4. The molecular formula is C42H46Br2N6O7S2. The summed E-state index contributed by atoms with van der Waals surface area (Å²) in [4.78, 5) is 26.6. The molecule has 2 aliphatic rings. The van der Waals surface area contributed by atoms with Gasteiger partial charge in [0.15, 0.2) is 11.4 Å². The predicted octanol–water partition coefficient (Wildman–Crippen LogP) is 10.1. The summed E-state index contributed by atoms with van der Waals surface area (Å²) in [6.45, 7) is 12.8. The number of amides is 1. The fraction of sp³-hybridized carbons (Fsp3) is 0.333. The Labute approximate surface area is 368 Å². The summed E-state index contributed by atoms with van der Waals surface area (Å²) in [5, 5.41) is 29.5. The van der Waals surface area contributed by atoms with Crippen molar-refractivity contribution in [3.05, 3.63) is 89.4 Å². The zero-order chi connectivity index (χ0) is 43.0. The third-order valence-electron chi connectivity index (χ3n) is 9.70. The van der Waals surface area contributed by atoms with Crippen molar-refractivity contribution in [3.8, 4) is 56.9 Å². The van der Waals surface area contributed by atoms with Gasteiger partial charge in [0.2, 0.25) is 0 Å². The number of rotatable bonds is 6. The Kier molecular flexibility index (Phi) is 13.0. The van der Waals surface area contributed by atoms with Gasteiger partial charge in [-0.25, -0.2) is 14.2 Å². The molecule has 0 bridgehead atoms. The number of aromatic nitrogens is 4. The highest BCUT2D eigenvalue weighted by Crippen LogP contribution is 2.46. The van der Waals surface area contributed by atoms with E-state index in [0.29, 0.717) is 39.8 Å². The summed E-state index contributed by atoms with van der Waals surface area (Å²) >= 11 is 10.1. The van der Waals surface area contributed by atoms with Gasteiger partial charge in [0, 0.05) is 57.7 Å². The van der Waals surface area contributed by atoms with Crippen LogP contribution in [0.2, 0.25) is 0 Å². The van der Waals surface area contributed by atoms with E-state index in [1.54, 1.807) is 48.3 Å². The average Bonchev–Trinajstić information content (AvgIpc) is 4.03. The number of carbonyl (C=O) groups is 2. The van der Waals surface area contributed by atoms with Crippen molar-refractivity contribution < 1.29 is 33.6 Å². The Bertz CT molecular complexity index is 2480. The molecule has 312 valence electrons. The number of benzene rings is 2. The Morgan fingerprint density at radius 1 is 0.797 bits per heavy atom. The van der Waals surface area contributed by atoms with E-state index in [1.807, 2.05) is 84.4 Å². The zero-order valence-corrected chi connectivity index (χ0v) is 39.2. The minimum atomic E-state index is -1.07. The second-order valence-electron chi connectivity index (χ2n) is 15.5. The molecule has 2 aromatic carbocycles. The number of carbonyl (C=O) groups excluding carboxylic acids is 1. The van der Waals surface area contributed by atoms with E-state index in [-0.39, 0.29) is 30.4 Å². The molecule has 0 spiro atoms. The number of carboxylic acids is 1. The Hall–Kier alpha value is -4.68. The maximum atomic E-state index is 13.3. The van der Waals surface area contributed by atoms with Gasteiger partial charge in [-0.1, -0.05) is 0 Å². The van der Waals surface area contributed by atoms with Crippen molar-refractivity contribution in [2.24, 2.45) is 0 Å². The maximum absolute atomic E-state index is 13.3. The third-order valence-corrected chi connectivity index (χ3v) is 12.3. The van der Waals surface area contributed by atoms with Crippen LogP contribution in [0.15, 0.2) is 66.9 Å². The summed E-state index contributed by atoms with van der Waals surface area (Å²) in [5.41, 5.74) is 6.75. The molecule has 0 unspecified atom stereocenters. The van der Waals surface area contributed by atoms with Crippen LogP contribution >= 0.6 is 54.5 Å². The van der Waals surface area contributed by atoms with Gasteiger partial charge in [0.25, 0.3) is 5.91 Å². The molecule has 17 heteroatoms. The Morgan fingerprint density at radius 2 is 1.22 bits per heavy atom. The van der Waals surface area contributed by atoms with Crippen LogP contribution in [0.4, 0.5) is 0 Å². The Morgan fingerprint density at radius 3 is 1.58 bits per heavy atom. The number of carboxylic acid groups (broad SMARTS) is 1. The fourth-order valence-electron chi connectivity index (χ4n) is 5.96. The molecule has 2 aliphatic heterocycles. The summed E-state index contributed by atoms with van der Waals surface area (Å²) in [6, 6.07) is 11.4. The molecule has 13 nitrogen and oxygen atoms in total. The van der Waals surface area contributed by atoms with Gasteiger partial charge >= 0.3 is 5.97 Å². The fourth-order valence-corrected chi connectivity index (χ4v) is 8.19. The van der Waals surface area contributed by atoms with Crippen molar-refractivity contribution in [2.75, 3.05) is 28.3 Å². The SMILES string of the molecule is CNC(C)(C)C.COc1cc2c(cc1Br)-c1c(c(C(=O)N(C)C(C)(C)C)nn1-c1ccsc1)CO2.COc1cc2c(cc1Br)-c1c(c(C(=O)O)nn1-c1ccsc1)CO2. The number of ether oxygens (including phenoxy) is 4. The molecule has 0 atom stereocenters. The molecule has 59 heavy (non-hydrogen) atoms. The standard InChI is InChI=1S/C21H22BrN3O3S.C16H11BrN2O4S.C5H13N/c1-21(2,3)24(4)20(26)18-14-10-28-16-9-17(27-5)15(22)8-13(16)19(14)25(23-18)12-6-7-29-11-12;1-22-13-5-12-9(4-11(13)17)15-10(6-23-12)14(16(20)21)18-19(15)8-2-3-24-7-8;1-5(2,3)6-4/h6-9,11H,10H2,1-5H3;2-5,7H,6H2,1H3,(H,20,21);6H,1-4H3. The predicted molar refractivity (Wildman–Crippen MR) is 239 cm³/mol. The van der Waals surface area contributed by atoms with Gasteiger partial charge in [0.1, 0.15) is 36.2 Å². The number of thiophene rings is 2. The first kappa shape index (κ1) is 43.9. The topological polar surface area (TPSA) is 142 Å². The van der Waals surface area contributed by atoms with Gasteiger partial charge in [0.05, 0.1) is 51.5 Å². The number of fused-ring (bicyclic) bond motifs is 6. The monoisotopic (exact) mass is 968 g/mol. The van der Waals surface area contributed by atoms with Crippen LogP contribution in [0.25, 0.3) is 33.9 Å². The largest absolute Gasteiger partial charge is 0.495 e. The van der Waals surface area contributed by atoms with Crippen molar-refractivity contribution >= 4 is 66.4 Å². The number of nitrogens with zero attached hydrogens (tertiary/aromatic N) is 5. The molecule has 0 saturated carbocycles. The normalized spacial score (nSPS) is 12.5. The molecule has 6 heterocycles. The van der Waals surface area contributed by atoms with Crippen LogP contribution in [0.3, 0.4) is 0 Å². The number of aromatic carboxylic acids is 1. The van der Waals surface area contributed by atoms with E-state index < -0.39 is 5.97 Å². The molecule has 0 fully saturated rings. The third kappa shape index (κ3) is 9.09. The van der Waals surface area contributed by atoms with E-state index >= 15 is 0 Å². The zero-order valence-electron chi connectivity index (χ0n) is 34.4. The van der Waals surface area contributed by atoms with Gasteiger partial charge in [-0.2, -0.15) is 32.9 Å².